The number of urea groups is 1. The quantitative estimate of drug-likeness (QED) is 0.614. The van der Waals surface area contributed by atoms with Crippen molar-refractivity contribution in [3.63, 3.8) is 0 Å². The first-order valence-corrected chi connectivity index (χ1v) is 12.4. The maximum atomic E-state index is 14.0. The Kier molecular flexibility index (Phi) is 6.36. The number of carbonyl (C=O) groups is 1. The van der Waals surface area contributed by atoms with Gasteiger partial charge in [0.15, 0.2) is 0 Å². The van der Waals surface area contributed by atoms with E-state index < -0.39 is 5.82 Å². The van der Waals surface area contributed by atoms with Crippen LogP contribution in [0, 0.1) is 23.1 Å². The van der Waals surface area contributed by atoms with E-state index in [0.717, 1.165) is 50.7 Å². The van der Waals surface area contributed by atoms with Crippen molar-refractivity contribution < 1.29 is 18.7 Å². The summed E-state index contributed by atoms with van der Waals surface area (Å²) in [7, 11) is 0. The van der Waals surface area contributed by atoms with Crippen molar-refractivity contribution in [3.05, 3.63) is 35.7 Å². The van der Waals surface area contributed by atoms with E-state index in [0.29, 0.717) is 30.1 Å². The molecule has 6 rings (SSSR count). The number of hydrogen-bond acceptors (Lipinski definition) is 4. The molecule has 5 aliphatic rings. The van der Waals surface area contributed by atoms with Crippen LogP contribution in [0.25, 0.3) is 0 Å². The molecule has 1 aromatic rings. The molecule has 0 aromatic heterocycles. The van der Waals surface area contributed by atoms with Gasteiger partial charge < -0.3 is 20.1 Å². The summed E-state index contributed by atoms with van der Waals surface area (Å²) < 4.78 is 25.1. The van der Waals surface area contributed by atoms with Gasteiger partial charge in [-0.15, -0.1) is 0 Å². The zero-order chi connectivity index (χ0) is 23.0. The zero-order valence-electron chi connectivity index (χ0n) is 19.7. The first-order chi connectivity index (χ1) is 15.9. The molecule has 1 unspecified atom stereocenters. The molecule has 2 saturated heterocycles. The van der Waals surface area contributed by atoms with E-state index >= 15 is 0 Å². The predicted octanol–water partition coefficient (Wildman–Crippen LogP) is 4.57. The number of benzene rings is 1. The fraction of sp³-hybridized carbons (Fsp3) is 0.654. The number of ether oxygens (including phenoxy) is 2. The lowest BCUT2D eigenvalue weighted by Gasteiger charge is -2.57. The van der Waals surface area contributed by atoms with E-state index in [1.165, 1.54) is 25.0 Å². The van der Waals surface area contributed by atoms with Gasteiger partial charge >= 0.3 is 6.03 Å². The van der Waals surface area contributed by atoms with Crippen LogP contribution in [0.5, 0.6) is 5.75 Å². The maximum absolute atomic E-state index is 14.0. The standard InChI is InChI=1S/C26H36FN3O3/c1-26(2)18-4-3-17(24(26)11-18)15-30-8-5-20(6-9-30)28-25(31)29-21-12-19(27)13-23(14-21)33-22-7-10-32-16-22/h3,12-14,18,20,22,24H,4-11,15-16H2,1-2H3,(H2,28,29,31)/t18-,22?,24-/m0/s1. The normalized spacial score (nSPS) is 29.2. The molecule has 7 heteroatoms. The number of halogens is 1. The summed E-state index contributed by atoms with van der Waals surface area (Å²) in [6.45, 7) is 9.05. The number of nitrogens with zero attached hydrogens (tertiary/aromatic N) is 1. The average molecular weight is 458 g/mol. The van der Waals surface area contributed by atoms with Crippen LogP contribution in [0.4, 0.5) is 14.9 Å². The molecule has 3 aliphatic carbocycles. The van der Waals surface area contributed by atoms with Gasteiger partial charge in [-0.25, -0.2) is 9.18 Å². The topological polar surface area (TPSA) is 62.8 Å². The second kappa shape index (κ2) is 9.26. The monoisotopic (exact) mass is 457 g/mol. The van der Waals surface area contributed by atoms with E-state index in [-0.39, 0.29) is 18.2 Å². The molecule has 6 nitrogen and oxygen atoms in total. The number of fused-ring (bicyclic) bond motifs is 1. The van der Waals surface area contributed by atoms with E-state index in [2.05, 4.69) is 35.5 Å². The van der Waals surface area contributed by atoms with E-state index in [1.807, 2.05) is 0 Å². The Balaban J connectivity index is 1.08. The van der Waals surface area contributed by atoms with Crippen molar-refractivity contribution in [3.8, 4) is 5.75 Å². The molecule has 2 amide bonds. The van der Waals surface area contributed by atoms with Gasteiger partial charge in [0.2, 0.25) is 0 Å². The minimum absolute atomic E-state index is 0.0696. The lowest BCUT2D eigenvalue weighted by Crippen LogP contribution is -2.51. The van der Waals surface area contributed by atoms with Crippen molar-refractivity contribution in [2.45, 2.75) is 58.1 Å². The summed E-state index contributed by atoms with van der Waals surface area (Å²) in [6.07, 6.45) is 7.65. The Morgan fingerprint density at radius 1 is 1.24 bits per heavy atom. The molecule has 2 heterocycles. The number of carbonyl (C=O) groups excluding carboxylic acids is 1. The van der Waals surface area contributed by atoms with Crippen LogP contribution in [0.2, 0.25) is 0 Å². The number of allylic oxidation sites excluding steroid dienone is 1. The molecular formula is C26H36FN3O3. The number of amides is 2. The van der Waals surface area contributed by atoms with E-state index in [4.69, 9.17) is 9.47 Å². The SMILES string of the molecule is CC1(C)[C@H]2CC=C(CN3CCC(NC(=O)Nc4cc(F)cc(OC5CCOC5)c4)CC3)[C@@H]1C2. The first kappa shape index (κ1) is 22.7. The van der Waals surface area contributed by atoms with Crippen molar-refractivity contribution in [1.82, 2.24) is 10.2 Å². The Morgan fingerprint density at radius 3 is 2.76 bits per heavy atom. The summed E-state index contributed by atoms with van der Waals surface area (Å²) in [5.41, 5.74) is 2.49. The lowest BCUT2D eigenvalue weighted by atomic mass is 9.49. The molecule has 1 aromatic carbocycles. The van der Waals surface area contributed by atoms with Crippen LogP contribution in [0.3, 0.4) is 0 Å². The Morgan fingerprint density at radius 2 is 2.06 bits per heavy atom. The average Bonchev–Trinajstić information content (AvgIpc) is 3.27. The van der Waals surface area contributed by atoms with Gasteiger partial charge in [0.05, 0.1) is 13.2 Å². The van der Waals surface area contributed by atoms with E-state index in [1.54, 1.807) is 11.6 Å². The molecule has 180 valence electrons. The largest absolute Gasteiger partial charge is 0.488 e. The van der Waals surface area contributed by atoms with E-state index in [9.17, 15) is 9.18 Å². The van der Waals surface area contributed by atoms with Crippen LogP contribution >= 0.6 is 0 Å². The number of piperidine rings is 1. The molecule has 2 bridgehead atoms. The maximum Gasteiger partial charge on any atom is 0.319 e. The highest BCUT2D eigenvalue weighted by Crippen LogP contribution is 2.59. The molecule has 3 atom stereocenters. The second-order valence-electron chi connectivity index (χ2n) is 10.7. The minimum atomic E-state index is -0.437. The van der Waals surface area contributed by atoms with Crippen molar-refractivity contribution >= 4 is 11.7 Å². The first-order valence-electron chi connectivity index (χ1n) is 12.4. The van der Waals surface area contributed by atoms with Crippen molar-refractivity contribution in [2.24, 2.45) is 17.3 Å². The van der Waals surface area contributed by atoms with Crippen LogP contribution < -0.4 is 15.4 Å². The van der Waals surface area contributed by atoms with Crippen LogP contribution in [-0.4, -0.2) is 55.9 Å². The molecule has 2 N–H and O–H groups in total. The summed E-state index contributed by atoms with van der Waals surface area (Å²) in [5.74, 6) is 1.59. The molecule has 0 radical (unpaired) electrons. The highest BCUT2D eigenvalue weighted by Gasteiger charge is 2.51. The van der Waals surface area contributed by atoms with Gasteiger partial charge in [-0.2, -0.15) is 0 Å². The lowest BCUT2D eigenvalue weighted by molar-refractivity contribution is -0.0113. The van der Waals surface area contributed by atoms with Gasteiger partial charge in [0, 0.05) is 49.9 Å². The summed E-state index contributed by atoms with van der Waals surface area (Å²) in [4.78, 5) is 15.1. The third-order valence-corrected chi connectivity index (χ3v) is 8.23. The number of likely N-dealkylation sites (tertiary alicyclic amines) is 1. The van der Waals surface area contributed by atoms with Gasteiger partial charge in [0.25, 0.3) is 0 Å². The van der Waals surface area contributed by atoms with Crippen molar-refractivity contribution in [1.29, 1.82) is 0 Å². The van der Waals surface area contributed by atoms with Crippen molar-refractivity contribution in [2.75, 3.05) is 38.2 Å². The molecular weight excluding hydrogens is 421 g/mol. The van der Waals surface area contributed by atoms with Gasteiger partial charge in [-0.1, -0.05) is 25.5 Å². The Labute approximate surface area is 195 Å². The Bertz CT molecular complexity index is 904. The number of rotatable bonds is 6. The highest BCUT2D eigenvalue weighted by molar-refractivity contribution is 5.89. The molecule has 2 aliphatic heterocycles. The minimum Gasteiger partial charge on any atom is -0.488 e. The molecule has 1 saturated carbocycles. The van der Waals surface area contributed by atoms with Crippen LogP contribution in [-0.2, 0) is 4.74 Å². The third-order valence-electron chi connectivity index (χ3n) is 8.23. The van der Waals surface area contributed by atoms with Crippen LogP contribution in [0.15, 0.2) is 29.8 Å². The molecule has 33 heavy (non-hydrogen) atoms. The molecule has 0 spiro atoms. The summed E-state index contributed by atoms with van der Waals surface area (Å²) in [6, 6.07) is 4.14. The third kappa shape index (κ3) is 5.04. The predicted molar refractivity (Wildman–Crippen MR) is 126 cm³/mol. The highest BCUT2D eigenvalue weighted by atomic mass is 19.1. The van der Waals surface area contributed by atoms with Gasteiger partial charge in [-0.3, -0.25) is 4.90 Å². The van der Waals surface area contributed by atoms with Gasteiger partial charge in [-0.05, 0) is 49.0 Å². The number of anilines is 1. The fourth-order valence-electron chi connectivity index (χ4n) is 6.00. The fourth-order valence-corrected chi connectivity index (χ4v) is 6.00. The van der Waals surface area contributed by atoms with Crippen LogP contribution in [0.1, 0.15) is 46.0 Å². The second-order valence-corrected chi connectivity index (χ2v) is 10.7. The number of nitrogens with one attached hydrogen (secondary N) is 2. The van der Waals surface area contributed by atoms with Gasteiger partial charge in [0.1, 0.15) is 17.7 Å². The summed E-state index contributed by atoms with van der Waals surface area (Å²) in [5, 5.41) is 5.83. The summed E-state index contributed by atoms with van der Waals surface area (Å²) >= 11 is 0. The smallest absolute Gasteiger partial charge is 0.319 e. The number of hydrogen-bond donors (Lipinski definition) is 2. The molecule has 3 fully saturated rings. The zero-order valence-corrected chi connectivity index (χ0v) is 19.7. The Hall–Kier alpha value is -2.12.